The molecule has 6 heteroatoms. The van der Waals surface area contributed by atoms with Gasteiger partial charge < -0.3 is 5.11 Å². The van der Waals surface area contributed by atoms with Crippen molar-refractivity contribution in [3.63, 3.8) is 0 Å². The first kappa shape index (κ1) is 15.9. The van der Waals surface area contributed by atoms with Gasteiger partial charge in [-0.1, -0.05) is 60.7 Å². The third kappa shape index (κ3) is 3.18. The van der Waals surface area contributed by atoms with E-state index in [0.29, 0.717) is 5.56 Å². The molecule has 1 aromatic heterocycles. The average Bonchev–Trinajstić information content (AvgIpc) is 2.62. The molecule has 0 saturated carbocycles. The maximum absolute atomic E-state index is 12.6. The zero-order valence-corrected chi connectivity index (χ0v) is 13.0. The highest BCUT2D eigenvalue weighted by Gasteiger charge is 2.14. The summed E-state index contributed by atoms with van der Waals surface area (Å²) >= 11 is 0. The molecular formula is C18H17N3O3. The molecule has 0 bridgehead atoms. The van der Waals surface area contributed by atoms with Crippen LogP contribution in [0.3, 0.4) is 0 Å². The Kier molecular flexibility index (Phi) is 4.67. The van der Waals surface area contributed by atoms with Gasteiger partial charge in [-0.2, -0.15) is 5.10 Å². The van der Waals surface area contributed by atoms with E-state index in [1.54, 1.807) is 24.3 Å². The number of aliphatic hydroxyl groups excluding tert-OH is 1. The summed E-state index contributed by atoms with van der Waals surface area (Å²) in [4.78, 5) is 25.1. The van der Waals surface area contributed by atoms with Gasteiger partial charge in [-0.3, -0.25) is 9.36 Å². The molecule has 0 aliphatic heterocycles. The van der Waals surface area contributed by atoms with E-state index in [4.69, 9.17) is 0 Å². The van der Waals surface area contributed by atoms with Crippen molar-refractivity contribution in [1.82, 2.24) is 14.3 Å². The van der Waals surface area contributed by atoms with Crippen molar-refractivity contribution >= 4 is 0 Å². The summed E-state index contributed by atoms with van der Waals surface area (Å²) in [5.74, 6) is 0. The molecule has 2 aromatic carbocycles. The van der Waals surface area contributed by atoms with Crippen LogP contribution in [-0.2, 0) is 13.1 Å². The first-order valence-corrected chi connectivity index (χ1v) is 7.63. The van der Waals surface area contributed by atoms with E-state index in [0.717, 1.165) is 10.1 Å². The van der Waals surface area contributed by atoms with E-state index in [2.05, 4.69) is 5.10 Å². The molecule has 0 spiro atoms. The molecule has 3 aromatic rings. The van der Waals surface area contributed by atoms with Crippen LogP contribution in [-0.4, -0.2) is 26.1 Å². The van der Waals surface area contributed by atoms with Crippen LogP contribution in [0.4, 0.5) is 0 Å². The van der Waals surface area contributed by atoms with Gasteiger partial charge in [-0.15, -0.1) is 0 Å². The van der Waals surface area contributed by atoms with Gasteiger partial charge in [0.05, 0.1) is 19.7 Å². The number of hydrogen-bond acceptors (Lipinski definition) is 4. The molecule has 0 aliphatic carbocycles. The number of rotatable bonds is 5. The van der Waals surface area contributed by atoms with Gasteiger partial charge in [0.2, 0.25) is 0 Å². The van der Waals surface area contributed by atoms with Crippen molar-refractivity contribution < 1.29 is 5.11 Å². The number of aromatic nitrogens is 3. The van der Waals surface area contributed by atoms with Crippen molar-refractivity contribution in [2.75, 3.05) is 6.61 Å². The number of hydrogen-bond donors (Lipinski definition) is 1. The van der Waals surface area contributed by atoms with Crippen LogP contribution in [0.25, 0.3) is 11.3 Å². The van der Waals surface area contributed by atoms with Gasteiger partial charge in [-0.25, -0.2) is 9.48 Å². The molecule has 0 unspecified atom stereocenters. The summed E-state index contributed by atoms with van der Waals surface area (Å²) in [6.07, 6.45) is 0. The summed E-state index contributed by atoms with van der Waals surface area (Å²) < 4.78 is 2.28. The highest BCUT2D eigenvalue weighted by Crippen LogP contribution is 2.11. The Morgan fingerprint density at radius 1 is 0.917 bits per heavy atom. The highest BCUT2D eigenvalue weighted by molar-refractivity contribution is 5.57. The lowest BCUT2D eigenvalue weighted by atomic mass is 10.2. The minimum Gasteiger partial charge on any atom is -0.395 e. The van der Waals surface area contributed by atoms with Crippen LogP contribution in [0.1, 0.15) is 5.56 Å². The Morgan fingerprint density at radius 3 is 2.17 bits per heavy atom. The molecule has 1 heterocycles. The summed E-state index contributed by atoms with van der Waals surface area (Å²) in [6.45, 7) is -0.0985. The van der Waals surface area contributed by atoms with Crippen LogP contribution in [0.15, 0.2) is 70.3 Å². The van der Waals surface area contributed by atoms with Crippen molar-refractivity contribution in [2.24, 2.45) is 0 Å². The third-order valence-corrected chi connectivity index (χ3v) is 3.67. The third-order valence-electron chi connectivity index (χ3n) is 3.67. The molecule has 0 aliphatic rings. The standard InChI is InChI=1S/C18H17N3O3/c22-12-11-20-17(23)16(15-9-5-2-6-10-15)19-21(18(20)24)13-14-7-3-1-4-8-14/h1-10,22H,11-13H2. The van der Waals surface area contributed by atoms with E-state index < -0.39 is 11.2 Å². The smallest absolute Gasteiger partial charge is 0.347 e. The lowest BCUT2D eigenvalue weighted by Crippen LogP contribution is -2.43. The highest BCUT2D eigenvalue weighted by atomic mass is 16.3. The molecule has 0 saturated heterocycles. The second-order valence-electron chi connectivity index (χ2n) is 5.32. The molecule has 0 atom stereocenters. The van der Waals surface area contributed by atoms with E-state index in [9.17, 15) is 14.7 Å². The fraction of sp³-hybridized carbons (Fsp3) is 0.167. The second-order valence-corrected chi connectivity index (χ2v) is 5.32. The molecule has 6 nitrogen and oxygen atoms in total. The predicted molar refractivity (Wildman–Crippen MR) is 90.8 cm³/mol. The Morgan fingerprint density at radius 2 is 1.54 bits per heavy atom. The Balaban J connectivity index is 2.17. The van der Waals surface area contributed by atoms with E-state index in [1.807, 2.05) is 36.4 Å². The maximum atomic E-state index is 12.6. The van der Waals surface area contributed by atoms with Crippen LogP contribution in [0, 0.1) is 0 Å². The van der Waals surface area contributed by atoms with Crippen molar-refractivity contribution in [1.29, 1.82) is 0 Å². The van der Waals surface area contributed by atoms with E-state index in [-0.39, 0.29) is 25.4 Å². The Labute approximate surface area is 138 Å². The first-order chi connectivity index (χ1) is 11.7. The summed E-state index contributed by atoms with van der Waals surface area (Å²) in [7, 11) is 0. The number of aliphatic hydroxyl groups is 1. The summed E-state index contributed by atoms with van der Waals surface area (Å²) in [6, 6.07) is 18.4. The molecule has 3 rings (SSSR count). The van der Waals surface area contributed by atoms with Gasteiger partial charge in [0.1, 0.15) is 0 Å². The van der Waals surface area contributed by atoms with Gasteiger partial charge in [0, 0.05) is 5.56 Å². The second kappa shape index (κ2) is 7.06. The number of benzene rings is 2. The fourth-order valence-electron chi connectivity index (χ4n) is 2.49. The van der Waals surface area contributed by atoms with Crippen LogP contribution >= 0.6 is 0 Å². The Bertz CT molecular complexity index is 931. The molecule has 1 N–H and O–H groups in total. The van der Waals surface area contributed by atoms with Crippen molar-refractivity contribution in [3.05, 3.63) is 87.1 Å². The molecule has 122 valence electrons. The van der Waals surface area contributed by atoms with Gasteiger partial charge in [0.25, 0.3) is 5.56 Å². The van der Waals surface area contributed by atoms with Crippen molar-refractivity contribution in [3.8, 4) is 11.3 Å². The van der Waals surface area contributed by atoms with Crippen LogP contribution in [0.5, 0.6) is 0 Å². The zero-order chi connectivity index (χ0) is 16.9. The zero-order valence-electron chi connectivity index (χ0n) is 13.0. The molecule has 0 amide bonds. The van der Waals surface area contributed by atoms with Gasteiger partial charge in [-0.05, 0) is 5.56 Å². The quantitative estimate of drug-likeness (QED) is 0.763. The lowest BCUT2D eigenvalue weighted by molar-refractivity contribution is 0.269. The number of nitrogens with zero attached hydrogens (tertiary/aromatic N) is 3. The minimum atomic E-state index is -0.530. The normalized spacial score (nSPS) is 10.7. The SMILES string of the molecule is O=c1c(-c2ccccc2)nn(Cc2ccccc2)c(=O)n1CCO. The molecule has 0 fully saturated rings. The van der Waals surface area contributed by atoms with Crippen LogP contribution in [0.2, 0.25) is 0 Å². The molecular weight excluding hydrogens is 306 g/mol. The maximum Gasteiger partial charge on any atom is 0.347 e. The predicted octanol–water partition coefficient (Wildman–Crippen LogP) is 1.11. The molecule has 24 heavy (non-hydrogen) atoms. The lowest BCUT2D eigenvalue weighted by Gasteiger charge is -2.11. The summed E-state index contributed by atoms with van der Waals surface area (Å²) in [5.41, 5.74) is 0.707. The summed E-state index contributed by atoms with van der Waals surface area (Å²) in [5, 5.41) is 13.5. The average molecular weight is 323 g/mol. The van der Waals surface area contributed by atoms with Crippen molar-refractivity contribution in [2.45, 2.75) is 13.1 Å². The minimum absolute atomic E-state index is 0.0607. The van der Waals surface area contributed by atoms with E-state index >= 15 is 0 Å². The molecule has 0 radical (unpaired) electrons. The topological polar surface area (TPSA) is 77.1 Å². The monoisotopic (exact) mass is 323 g/mol. The van der Waals surface area contributed by atoms with E-state index in [1.165, 1.54) is 4.68 Å². The largest absolute Gasteiger partial charge is 0.395 e. The first-order valence-electron chi connectivity index (χ1n) is 7.63. The van der Waals surface area contributed by atoms with Crippen LogP contribution < -0.4 is 11.2 Å². The van der Waals surface area contributed by atoms with Gasteiger partial charge in [0.15, 0.2) is 5.69 Å². The van der Waals surface area contributed by atoms with Gasteiger partial charge >= 0.3 is 5.69 Å². The Hall–Kier alpha value is -2.99. The fourth-order valence-corrected chi connectivity index (χ4v) is 2.49.